The SMILES string of the molecule is C=C(C)/C=C(C)\C=C\C#CC1=CC(N=Nc2ccccc2)CC(C#CC2=CC(C#Cc3cc(N=Nc4ccccc4)cc(C#CC(=C)/C=C(C)\C=C\C)c3C)=CC(C#Cc3cc(N=N)cc(C#Cc4cc(C)cc(C)c4)c3C)C2)=C1C. The molecule has 5 aromatic rings. The second-order valence-corrected chi connectivity index (χ2v) is 20.0. The lowest BCUT2D eigenvalue weighted by molar-refractivity contribution is 0.751. The molecule has 0 amide bonds. The number of aryl methyl sites for hydroxylation is 2. The maximum absolute atomic E-state index is 7.97. The van der Waals surface area contributed by atoms with Gasteiger partial charge in [-0.05, 0) is 182 Å². The number of azo groups is 2. The summed E-state index contributed by atoms with van der Waals surface area (Å²) >= 11 is 0. The highest BCUT2D eigenvalue weighted by atomic mass is 15.1. The van der Waals surface area contributed by atoms with Crippen molar-refractivity contribution in [2.24, 2.45) is 31.5 Å². The molecule has 1 N–H and O–H groups in total. The van der Waals surface area contributed by atoms with Crippen LogP contribution in [-0.4, -0.2) is 6.04 Å². The Hall–Kier alpha value is -10.3. The van der Waals surface area contributed by atoms with Gasteiger partial charge in [-0.25, -0.2) is 5.53 Å². The van der Waals surface area contributed by atoms with Crippen molar-refractivity contribution in [3.05, 3.63) is 271 Å². The van der Waals surface area contributed by atoms with Gasteiger partial charge in [-0.2, -0.15) is 25.6 Å². The molecular formula is C75H64N6. The molecule has 0 saturated heterocycles. The molecule has 0 bridgehead atoms. The van der Waals surface area contributed by atoms with Gasteiger partial charge in [0.25, 0.3) is 0 Å². The fourth-order valence-electron chi connectivity index (χ4n) is 8.76. The highest BCUT2D eigenvalue weighted by Gasteiger charge is 2.19. The monoisotopic (exact) mass is 1050 g/mol. The molecule has 6 nitrogen and oxygen atoms in total. The third-order valence-electron chi connectivity index (χ3n) is 12.8. The van der Waals surface area contributed by atoms with E-state index >= 15 is 0 Å². The van der Waals surface area contributed by atoms with E-state index in [9.17, 15) is 0 Å². The van der Waals surface area contributed by atoms with E-state index in [0.717, 1.165) is 106 Å². The van der Waals surface area contributed by atoms with Crippen molar-refractivity contribution in [1.29, 1.82) is 5.53 Å². The van der Waals surface area contributed by atoms with Crippen molar-refractivity contribution < 1.29 is 0 Å². The van der Waals surface area contributed by atoms with Crippen molar-refractivity contribution >= 4 is 22.7 Å². The van der Waals surface area contributed by atoms with E-state index in [0.29, 0.717) is 29.8 Å². The highest BCUT2D eigenvalue weighted by molar-refractivity contribution is 5.65. The first-order valence-electron chi connectivity index (χ1n) is 26.7. The minimum Gasteiger partial charge on any atom is -0.204 e. The fraction of sp³-hybridized carbons (Fsp3) is 0.173. The second kappa shape index (κ2) is 28.9. The summed E-state index contributed by atoms with van der Waals surface area (Å²) in [6.45, 7) is 26.4. The van der Waals surface area contributed by atoms with Gasteiger partial charge in [0.05, 0.1) is 28.8 Å². The summed E-state index contributed by atoms with van der Waals surface area (Å²) in [5, 5.41) is 22.3. The molecular weight excluding hydrogens is 985 g/mol. The number of nitrogens with one attached hydrogen (secondary N) is 1. The molecule has 0 heterocycles. The lowest BCUT2D eigenvalue weighted by Crippen LogP contribution is -2.10. The van der Waals surface area contributed by atoms with E-state index in [2.05, 4.69) is 162 Å². The largest absolute Gasteiger partial charge is 0.204 e. The van der Waals surface area contributed by atoms with Crippen LogP contribution in [0.4, 0.5) is 22.7 Å². The molecule has 2 unspecified atom stereocenters. The molecule has 81 heavy (non-hydrogen) atoms. The predicted octanol–water partition coefficient (Wildman–Crippen LogP) is 19.0. The first-order valence-corrected chi connectivity index (χ1v) is 26.7. The number of allylic oxidation sites excluding steroid dienone is 16. The van der Waals surface area contributed by atoms with Gasteiger partial charge in [0.1, 0.15) is 0 Å². The zero-order valence-corrected chi connectivity index (χ0v) is 47.7. The summed E-state index contributed by atoms with van der Waals surface area (Å²) in [6, 6.07) is 32.9. The Morgan fingerprint density at radius 3 is 1.85 bits per heavy atom. The highest BCUT2D eigenvalue weighted by Crippen LogP contribution is 2.30. The molecule has 0 spiro atoms. The van der Waals surface area contributed by atoms with Crippen molar-refractivity contribution in [2.45, 2.75) is 81.2 Å². The van der Waals surface area contributed by atoms with E-state index in [1.165, 1.54) is 0 Å². The minimum atomic E-state index is -0.278. The Kier molecular flexibility index (Phi) is 20.8. The molecule has 0 fully saturated rings. The Bertz CT molecular complexity index is 4030. The third kappa shape index (κ3) is 18.1. The van der Waals surface area contributed by atoms with Crippen LogP contribution in [-0.2, 0) is 0 Å². The Labute approximate surface area is 480 Å². The molecule has 6 heteroatoms. The van der Waals surface area contributed by atoms with E-state index < -0.39 is 0 Å². The quantitative estimate of drug-likeness (QED) is 0.0866. The standard InChI is InChI=1S/C75H64N6/c1-12-21-53(4)39-55(6)28-33-66-49-75(81-79-72-26-17-14-18-27-72)51-70(59(66)10)37-32-64-44-62(30-35-68-47-73(77-76)46-67(60(68)11)34-29-61-41-56(7)40-57(8)42-61)43-63(45-64)31-36-69-50-74(80-78-71-24-15-13-16-25-71)48-65(58(69)9)23-20-19-22-54(5)38-52(2)3/h12-19,21-22,24-27,38-42,44-49,51,62,74,76H,2,6,43,50H2,1,3-5,7-11H3/b21-12+,22-19+,53-39-,54-38-,77-76?,80-78?,81-79?. The minimum absolute atomic E-state index is 0.271. The molecule has 7 rings (SSSR count). The maximum atomic E-state index is 7.97. The summed E-state index contributed by atoms with van der Waals surface area (Å²) in [7, 11) is 0. The van der Waals surface area contributed by atoms with Gasteiger partial charge >= 0.3 is 0 Å². The van der Waals surface area contributed by atoms with Gasteiger partial charge in [0.2, 0.25) is 0 Å². The molecule has 394 valence electrons. The summed E-state index contributed by atoms with van der Waals surface area (Å²) in [5.41, 5.74) is 26.8. The first-order chi connectivity index (χ1) is 39.1. The van der Waals surface area contributed by atoms with Crippen LogP contribution in [0.1, 0.15) is 97.5 Å². The number of benzene rings is 5. The van der Waals surface area contributed by atoms with E-state index in [1.807, 2.05) is 163 Å². The van der Waals surface area contributed by atoms with Crippen molar-refractivity contribution in [2.75, 3.05) is 0 Å². The zero-order chi connectivity index (χ0) is 57.7. The lowest BCUT2D eigenvalue weighted by Gasteiger charge is -2.17. The van der Waals surface area contributed by atoms with Gasteiger partial charge in [-0.15, -0.1) is 0 Å². The van der Waals surface area contributed by atoms with Crippen LogP contribution in [0.2, 0.25) is 0 Å². The zero-order valence-electron chi connectivity index (χ0n) is 47.7. The number of hydrogen-bond donors (Lipinski definition) is 1. The lowest BCUT2D eigenvalue weighted by atomic mass is 9.88. The fourth-order valence-corrected chi connectivity index (χ4v) is 8.76. The van der Waals surface area contributed by atoms with Gasteiger partial charge in [-0.1, -0.05) is 174 Å². The van der Waals surface area contributed by atoms with Gasteiger partial charge in [0.15, 0.2) is 0 Å². The van der Waals surface area contributed by atoms with Crippen molar-refractivity contribution in [1.82, 2.24) is 0 Å². The normalized spacial score (nSPS) is 15.0. The van der Waals surface area contributed by atoms with Crippen molar-refractivity contribution in [3.8, 4) is 71.0 Å². The topological polar surface area (TPSA) is 85.7 Å². The second-order valence-electron chi connectivity index (χ2n) is 20.0. The van der Waals surface area contributed by atoms with Crippen LogP contribution < -0.4 is 0 Å². The maximum Gasteiger partial charge on any atom is 0.0954 e. The average Bonchev–Trinajstić information content (AvgIpc) is 3.50. The summed E-state index contributed by atoms with van der Waals surface area (Å²) in [6.07, 6.45) is 19.2. The van der Waals surface area contributed by atoms with Gasteiger partial charge in [-0.3, -0.25) is 0 Å². The van der Waals surface area contributed by atoms with E-state index in [1.54, 1.807) is 0 Å². The van der Waals surface area contributed by atoms with Crippen LogP contribution in [0.5, 0.6) is 0 Å². The smallest absolute Gasteiger partial charge is 0.0954 e. The summed E-state index contributed by atoms with van der Waals surface area (Å²) in [5.74, 6) is 40.7. The third-order valence-corrected chi connectivity index (χ3v) is 12.8. The number of nitrogens with zero attached hydrogens (tertiary/aromatic N) is 5. The van der Waals surface area contributed by atoms with E-state index in [-0.39, 0.29) is 12.0 Å². The average molecular weight is 1050 g/mol. The Morgan fingerprint density at radius 2 is 1.20 bits per heavy atom. The molecule has 0 aliphatic heterocycles. The Balaban J connectivity index is 1.33. The van der Waals surface area contributed by atoms with Crippen molar-refractivity contribution in [3.63, 3.8) is 0 Å². The molecule has 0 radical (unpaired) electrons. The van der Waals surface area contributed by atoms with E-state index in [4.69, 9.17) is 10.6 Å². The number of rotatable bonds is 9. The molecule has 2 aliphatic rings. The molecule has 2 aliphatic carbocycles. The molecule has 5 aromatic carbocycles. The van der Waals surface area contributed by atoms with Crippen LogP contribution in [0.3, 0.4) is 0 Å². The van der Waals surface area contributed by atoms with Crippen LogP contribution in [0.25, 0.3) is 0 Å². The first kappa shape index (κ1) is 58.3. The summed E-state index contributed by atoms with van der Waals surface area (Å²) in [4.78, 5) is 0. The summed E-state index contributed by atoms with van der Waals surface area (Å²) < 4.78 is 0. The number of hydrogen-bond acceptors (Lipinski definition) is 6. The molecule has 0 aromatic heterocycles. The predicted molar refractivity (Wildman–Crippen MR) is 336 cm³/mol. The molecule has 0 saturated carbocycles. The van der Waals surface area contributed by atoms with Crippen LogP contribution in [0, 0.1) is 110 Å². The van der Waals surface area contributed by atoms with Crippen LogP contribution in [0.15, 0.2) is 247 Å². The molecule has 2 atom stereocenters. The van der Waals surface area contributed by atoms with Crippen LogP contribution >= 0.6 is 0 Å². The Morgan fingerprint density at radius 1 is 0.593 bits per heavy atom. The van der Waals surface area contributed by atoms with Gasteiger partial charge in [0, 0.05) is 68.0 Å². The van der Waals surface area contributed by atoms with Gasteiger partial charge < -0.3 is 0 Å².